The number of nitrogens with two attached hydrogens (primary N) is 1. The van der Waals surface area contributed by atoms with Crippen LogP contribution in [0.15, 0.2) is 0 Å². The summed E-state index contributed by atoms with van der Waals surface area (Å²) in [5.41, 5.74) is 4.27. The molecular weight excluding hydrogens is 181 g/mol. The Labute approximate surface area is 86.0 Å². The van der Waals surface area contributed by atoms with E-state index in [1.807, 2.05) is 13.8 Å². The molecule has 0 radical (unpaired) electrons. The van der Waals surface area contributed by atoms with Gasteiger partial charge in [0, 0.05) is 13.2 Å². The Hall–Kier alpha value is -0.150. The Morgan fingerprint density at radius 1 is 1.57 bits per heavy atom. The van der Waals surface area contributed by atoms with E-state index in [0.717, 1.165) is 25.9 Å². The standard InChI is InChI=1S/C11H22FNO/c1-9(2)11(12,8-13)6-5-10-4-3-7-14-10/h9-10H,3-8,13H2,1-2H3. The van der Waals surface area contributed by atoms with E-state index in [1.165, 1.54) is 0 Å². The zero-order valence-corrected chi connectivity index (χ0v) is 9.26. The van der Waals surface area contributed by atoms with Crippen LogP contribution in [0.3, 0.4) is 0 Å². The largest absolute Gasteiger partial charge is 0.378 e. The number of hydrogen-bond acceptors (Lipinski definition) is 2. The third-order valence-corrected chi connectivity index (χ3v) is 3.28. The normalized spacial score (nSPS) is 26.8. The number of ether oxygens (including phenoxy) is 1. The van der Waals surface area contributed by atoms with Crippen molar-refractivity contribution in [3.05, 3.63) is 0 Å². The van der Waals surface area contributed by atoms with Gasteiger partial charge in [-0.3, -0.25) is 0 Å². The van der Waals surface area contributed by atoms with Gasteiger partial charge in [-0.2, -0.15) is 0 Å². The van der Waals surface area contributed by atoms with Crippen molar-refractivity contribution in [1.82, 2.24) is 0 Å². The van der Waals surface area contributed by atoms with Crippen LogP contribution in [0.25, 0.3) is 0 Å². The van der Waals surface area contributed by atoms with Crippen molar-refractivity contribution in [3.8, 4) is 0 Å². The lowest BCUT2D eigenvalue weighted by Crippen LogP contribution is -2.39. The molecule has 0 aromatic heterocycles. The maximum Gasteiger partial charge on any atom is 0.125 e. The Morgan fingerprint density at radius 3 is 2.71 bits per heavy atom. The van der Waals surface area contributed by atoms with Crippen LogP contribution in [0.1, 0.15) is 39.5 Å². The molecule has 1 heterocycles. The molecule has 1 aliphatic rings. The van der Waals surface area contributed by atoms with E-state index < -0.39 is 5.67 Å². The summed E-state index contributed by atoms with van der Waals surface area (Å²) in [6.07, 6.45) is 3.82. The molecule has 0 amide bonds. The fraction of sp³-hybridized carbons (Fsp3) is 1.00. The second kappa shape index (κ2) is 5.08. The van der Waals surface area contributed by atoms with Crippen LogP contribution in [0.5, 0.6) is 0 Å². The molecule has 14 heavy (non-hydrogen) atoms. The van der Waals surface area contributed by atoms with Crippen LogP contribution in [-0.2, 0) is 4.74 Å². The quantitative estimate of drug-likeness (QED) is 0.744. The van der Waals surface area contributed by atoms with Crippen molar-refractivity contribution < 1.29 is 9.13 Å². The van der Waals surface area contributed by atoms with Crippen molar-refractivity contribution in [3.63, 3.8) is 0 Å². The second-order valence-corrected chi connectivity index (χ2v) is 4.57. The van der Waals surface area contributed by atoms with Gasteiger partial charge >= 0.3 is 0 Å². The van der Waals surface area contributed by atoms with Gasteiger partial charge in [-0.1, -0.05) is 13.8 Å². The minimum absolute atomic E-state index is 0.00565. The molecule has 1 rings (SSSR count). The van der Waals surface area contributed by atoms with Crippen LogP contribution in [0, 0.1) is 5.92 Å². The van der Waals surface area contributed by atoms with E-state index in [9.17, 15) is 4.39 Å². The minimum atomic E-state index is -1.20. The highest BCUT2D eigenvalue weighted by Crippen LogP contribution is 2.29. The monoisotopic (exact) mass is 203 g/mol. The van der Waals surface area contributed by atoms with Crippen molar-refractivity contribution >= 4 is 0 Å². The fourth-order valence-corrected chi connectivity index (χ4v) is 1.90. The van der Waals surface area contributed by atoms with Gasteiger partial charge in [0.15, 0.2) is 0 Å². The molecule has 0 aliphatic carbocycles. The van der Waals surface area contributed by atoms with E-state index in [0.29, 0.717) is 6.42 Å². The molecule has 2 atom stereocenters. The molecule has 84 valence electrons. The summed E-state index contributed by atoms with van der Waals surface area (Å²) < 4.78 is 19.6. The zero-order valence-electron chi connectivity index (χ0n) is 9.26. The molecule has 0 spiro atoms. The summed E-state index contributed by atoms with van der Waals surface area (Å²) in [5.74, 6) is -0.00565. The van der Waals surface area contributed by atoms with E-state index >= 15 is 0 Å². The molecule has 0 saturated carbocycles. The maximum absolute atomic E-state index is 14.1. The summed E-state index contributed by atoms with van der Waals surface area (Å²) >= 11 is 0. The molecule has 1 aliphatic heterocycles. The Balaban J connectivity index is 2.32. The highest BCUT2D eigenvalue weighted by atomic mass is 19.1. The van der Waals surface area contributed by atoms with Gasteiger partial charge in [0.2, 0.25) is 0 Å². The van der Waals surface area contributed by atoms with Crippen molar-refractivity contribution in [2.45, 2.75) is 51.3 Å². The Morgan fingerprint density at radius 2 is 2.29 bits per heavy atom. The molecule has 0 aromatic carbocycles. The minimum Gasteiger partial charge on any atom is -0.378 e. The van der Waals surface area contributed by atoms with Gasteiger partial charge < -0.3 is 10.5 Å². The lowest BCUT2D eigenvalue weighted by molar-refractivity contribution is 0.0536. The Kier molecular flexibility index (Phi) is 4.32. The average Bonchev–Trinajstić information content (AvgIpc) is 2.66. The van der Waals surface area contributed by atoms with Gasteiger partial charge in [-0.05, 0) is 31.6 Å². The first-order valence-corrected chi connectivity index (χ1v) is 5.59. The summed E-state index contributed by atoms with van der Waals surface area (Å²) in [6, 6.07) is 0. The maximum atomic E-state index is 14.1. The first kappa shape index (κ1) is 11.9. The number of alkyl halides is 1. The lowest BCUT2D eigenvalue weighted by Gasteiger charge is -2.28. The van der Waals surface area contributed by atoms with Gasteiger partial charge in [0.25, 0.3) is 0 Å². The van der Waals surface area contributed by atoms with Crippen molar-refractivity contribution in [1.29, 1.82) is 0 Å². The summed E-state index contributed by atoms with van der Waals surface area (Å²) in [5, 5.41) is 0. The third kappa shape index (κ3) is 2.92. The number of rotatable bonds is 5. The first-order valence-electron chi connectivity index (χ1n) is 5.59. The van der Waals surface area contributed by atoms with E-state index in [1.54, 1.807) is 0 Å². The summed E-state index contributed by atoms with van der Waals surface area (Å²) in [7, 11) is 0. The van der Waals surface area contributed by atoms with Crippen LogP contribution in [-0.4, -0.2) is 24.9 Å². The molecule has 2 nitrogen and oxygen atoms in total. The Bertz CT molecular complexity index is 169. The number of halogens is 1. The lowest BCUT2D eigenvalue weighted by atomic mass is 9.86. The molecule has 0 bridgehead atoms. The SMILES string of the molecule is CC(C)C(F)(CN)CCC1CCCO1. The highest BCUT2D eigenvalue weighted by Gasteiger charge is 2.33. The first-order chi connectivity index (χ1) is 6.58. The second-order valence-electron chi connectivity index (χ2n) is 4.57. The van der Waals surface area contributed by atoms with Gasteiger partial charge in [0.1, 0.15) is 5.67 Å². The van der Waals surface area contributed by atoms with Gasteiger partial charge in [-0.25, -0.2) is 4.39 Å². The van der Waals surface area contributed by atoms with E-state index in [4.69, 9.17) is 10.5 Å². The smallest absolute Gasteiger partial charge is 0.125 e. The average molecular weight is 203 g/mol. The molecule has 1 saturated heterocycles. The van der Waals surface area contributed by atoms with Crippen LogP contribution in [0.2, 0.25) is 0 Å². The van der Waals surface area contributed by atoms with Gasteiger partial charge in [-0.15, -0.1) is 0 Å². The van der Waals surface area contributed by atoms with Crippen LogP contribution < -0.4 is 5.73 Å². The zero-order chi connectivity index (χ0) is 10.6. The predicted octanol–water partition coefficient (Wildman–Crippen LogP) is 2.27. The van der Waals surface area contributed by atoms with Crippen LogP contribution >= 0.6 is 0 Å². The molecule has 2 unspecified atom stereocenters. The van der Waals surface area contributed by atoms with Crippen molar-refractivity contribution in [2.75, 3.05) is 13.2 Å². The summed E-state index contributed by atoms with van der Waals surface area (Å²) in [6.45, 7) is 4.75. The topological polar surface area (TPSA) is 35.2 Å². The van der Waals surface area contributed by atoms with Crippen molar-refractivity contribution in [2.24, 2.45) is 11.7 Å². The van der Waals surface area contributed by atoms with Crippen LogP contribution in [0.4, 0.5) is 4.39 Å². The highest BCUT2D eigenvalue weighted by molar-refractivity contribution is 4.85. The molecule has 1 fully saturated rings. The van der Waals surface area contributed by atoms with Gasteiger partial charge in [0.05, 0.1) is 6.10 Å². The molecule has 2 N–H and O–H groups in total. The molecule has 3 heteroatoms. The fourth-order valence-electron chi connectivity index (χ4n) is 1.90. The molecular formula is C11H22FNO. The van der Waals surface area contributed by atoms with E-state index in [-0.39, 0.29) is 18.6 Å². The molecule has 0 aromatic rings. The van der Waals surface area contributed by atoms with E-state index in [2.05, 4.69) is 0 Å². The third-order valence-electron chi connectivity index (χ3n) is 3.28. The number of hydrogen-bond donors (Lipinski definition) is 1. The predicted molar refractivity (Wildman–Crippen MR) is 55.9 cm³/mol. The summed E-state index contributed by atoms with van der Waals surface area (Å²) in [4.78, 5) is 0.